The van der Waals surface area contributed by atoms with Gasteiger partial charge in [0, 0.05) is 12.6 Å². The van der Waals surface area contributed by atoms with E-state index in [1.54, 1.807) is 14.2 Å². The number of carbonyl (C=O) groups is 2. The zero-order valence-corrected chi connectivity index (χ0v) is 17.8. The predicted molar refractivity (Wildman–Crippen MR) is 107 cm³/mol. The summed E-state index contributed by atoms with van der Waals surface area (Å²) in [5.41, 5.74) is 1.38. The SMILES string of the molecule is COc1ccc(C)cc1-n1nnnc1SCC(=O)N(C)CC(=O)NC(C)(C)C. The van der Waals surface area contributed by atoms with E-state index < -0.39 is 0 Å². The second-order valence-corrected chi connectivity index (χ2v) is 8.33. The fourth-order valence-corrected chi connectivity index (χ4v) is 3.21. The number of aromatic nitrogens is 4. The second kappa shape index (κ2) is 9.05. The van der Waals surface area contributed by atoms with E-state index in [-0.39, 0.29) is 29.7 Å². The molecule has 1 aromatic carbocycles. The predicted octanol–water partition coefficient (Wildman–Crippen LogP) is 1.44. The molecule has 28 heavy (non-hydrogen) atoms. The Kier molecular flexibility index (Phi) is 7.00. The number of methoxy groups -OCH3 is 1. The molecule has 1 heterocycles. The number of tetrazole rings is 1. The zero-order valence-electron chi connectivity index (χ0n) is 17.0. The number of hydrogen-bond acceptors (Lipinski definition) is 7. The molecule has 0 atom stereocenters. The Balaban J connectivity index is 2.03. The van der Waals surface area contributed by atoms with Crippen molar-refractivity contribution in [1.29, 1.82) is 0 Å². The van der Waals surface area contributed by atoms with Crippen molar-refractivity contribution < 1.29 is 14.3 Å². The monoisotopic (exact) mass is 406 g/mol. The third kappa shape index (κ3) is 5.95. The summed E-state index contributed by atoms with van der Waals surface area (Å²) < 4.78 is 6.92. The molecule has 152 valence electrons. The van der Waals surface area contributed by atoms with Gasteiger partial charge in [-0.25, -0.2) is 0 Å². The number of carbonyl (C=O) groups excluding carboxylic acids is 2. The van der Waals surface area contributed by atoms with Crippen molar-refractivity contribution in [1.82, 2.24) is 30.4 Å². The highest BCUT2D eigenvalue weighted by Gasteiger charge is 2.20. The van der Waals surface area contributed by atoms with Gasteiger partial charge in [0.15, 0.2) is 0 Å². The van der Waals surface area contributed by atoms with E-state index in [0.29, 0.717) is 16.6 Å². The molecular weight excluding hydrogens is 380 g/mol. The van der Waals surface area contributed by atoms with E-state index >= 15 is 0 Å². The van der Waals surface area contributed by atoms with E-state index in [1.165, 1.54) is 21.3 Å². The molecule has 2 aromatic rings. The Morgan fingerprint density at radius 1 is 1.32 bits per heavy atom. The standard InChI is InChI=1S/C18H26N6O3S/c1-12-7-8-14(27-6)13(9-12)24-17(20-21-22-24)28-11-16(26)23(5)10-15(25)19-18(2,3)4/h7-9H,10-11H2,1-6H3,(H,19,25). The van der Waals surface area contributed by atoms with Crippen LogP contribution in [-0.4, -0.2) is 68.9 Å². The molecule has 0 aliphatic carbocycles. The van der Waals surface area contributed by atoms with E-state index in [9.17, 15) is 9.59 Å². The first-order valence-corrected chi connectivity index (χ1v) is 9.70. The summed E-state index contributed by atoms with van der Waals surface area (Å²) in [5.74, 6) is 0.331. The van der Waals surface area contributed by atoms with Gasteiger partial charge in [-0.1, -0.05) is 17.8 Å². The molecule has 10 heteroatoms. The number of amides is 2. The molecule has 0 radical (unpaired) electrons. The summed E-state index contributed by atoms with van der Waals surface area (Å²) in [6.45, 7) is 7.63. The van der Waals surface area contributed by atoms with Gasteiger partial charge in [-0.2, -0.15) is 4.68 Å². The number of likely N-dealkylation sites (N-methyl/N-ethyl adjacent to an activating group) is 1. The third-order valence-corrected chi connectivity index (χ3v) is 4.55. The van der Waals surface area contributed by atoms with Crippen molar-refractivity contribution in [3.63, 3.8) is 0 Å². The molecule has 0 fully saturated rings. The number of rotatable bonds is 7. The van der Waals surface area contributed by atoms with Crippen molar-refractivity contribution in [3.8, 4) is 11.4 Å². The Hall–Kier alpha value is -2.62. The average molecular weight is 407 g/mol. The van der Waals surface area contributed by atoms with E-state index in [1.807, 2.05) is 45.9 Å². The lowest BCUT2D eigenvalue weighted by Crippen LogP contribution is -2.46. The first-order valence-electron chi connectivity index (χ1n) is 8.72. The lowest BCUT2D eigenvalue weighted by atomic mass is 10.1. The quantitative estimate of drug-likeness (QED) is 0.694. The van der Waals surface area contributed by atoms with Crippen LogP contribution in [-0.2, 0) is 9.59 Å². The highest BCUT2D eigenvalue weighted by molar-refractivity contribution is 7.99. The largest absolute Gasteiger partial charge is 0.494 e. The molecule has 0 spiro atoms. The molecule has 1 aromatic heterocycles. The minimum atomic E-state index is -0.343. The number of nitrogens with zero attached hydrogens (tertiary/aromatic N) is 5. The van der Waals surface area contributed by atoms with Crippen LogP contribution in [0, 0.1) is 6.92 Å². The summed E-state index contributed by atoms with van der Waals surface area (Å²) >= 11 is 1.20. The number of hydrogen-bond donors (Lipinski definition) is 1. The number of aryl methyl sites for hydroxylation is 1. The molecule has 0 aliphatic heterocycles. The van der Waals surface area contributed by atoms with Gasteiger partial charge in [0.2, 0.25) is 17.0 Å². The van der Waals surface area contributed by atoms with Crippen LogP contribution in [0.15, 0.2) is 23.4 Å². The van der Waals surface area contributed by atoms with Crippen molar-refractivity contribution in [2.45, 2.75) is 38.4 Å². The molecule has 9 nitrogen and oxygen atoms in total. The van der Waals surface area contributed by atoms with Crippen LogP contribution in [0.1, 0.15) is 26.3 Å². The van der Waals surface area contributed by atoms with E-state index in [0.717, 1.165) is 5.56 Å². The normalized spacial score (nSPS) is 11.2. The molecule has 1 N–H and O–H groups in total. The maximum absolute atomic E-state index is 12.4. The van der Waals surface area contributed by atoms with Crippen LogP contribution >= 0.6 is 11.8 Å². The summed E-state index contributed by atoms with van der Waals surface area (Å²) in [4.78, 5) is 25.8. The lowest BCUT2D eigenvalue weighted by Gasteiger charge is -2.23. The Morgan fingerprint density at radius 2 is 2.04 bits per heavy atom. The molecule has 0 bridgehead atoms. The van der Waals surface area contributed by atoms with Gasteiger partial charge >= 0.3 is 0 Å². The van der Waals surface area contributed by atoms with E-state index in [2.05, 4.69) is 20.8 Å². The average Bonchev–Trinajstić information content (AvgIpc) is 3.06. The van der Waals surface area contributed by atoms with Gasteiger partial charge in [-0.3, -0.25) is 9.59 Å². The minimum Gasteiger partial charge on any atom is -0.494 e. The summed E-state index contributed by atoms with van der Waals surface area (Å²) in [7, 11) is 3.17. The molecule has 2 rings (SSSR count). The van der Waals surface area contributed by atoms with Gasteiger partial charge in [-0.05, 0) is 55.8 Å². The van der Waals surface area contributed by atoms with Crippen molar-refractivity contribution in [3.05, 3.63) is 23.8 Å². The van der Waals surface area contributed by atoms with Crippen LogP contribution in [0.2, 0.25) is 0 Å². The highest BCUT2D eigenvalue weighted by Crippen LogP contribution is 2.27. The fraction of sp³-hybridized carbons (Fsp3) is 0.500. The molecule has 2 amide bonds. The second-order valence-electron chi connectivity index (χ2n) is 7.39. The van der Waals surface area contributed by atoms with Gasteiger partial charge in [-0.15, -0.1) is 5.10 Å². The van der Waals surface area contributed by atoms with Gasteiger partial charge in [0.25, 0.3) is 0 Å². The third-order valence-electron chi connectivity index (χ3n) is 3.65. The summed E-state index contributed by atoms with van der Waals surface area (Å²) in [6.07, 6.45) is 0. The Morgan fingerprint density at radius 3 is 2.68 bits per heavy atom. The lowest BCUT2D eigenvalue weighted by molar-refractivity contribution is -0.133. The zero-order chi connectivity index (χ0) is 20.9. The van der Waals surface area contributed by atoms with Crippen molar-refractivity contribution in [2.75, 3.05) is 26.5 Å². The molecule has 0 saturated heterocycles. The van der Waals surface area contributed by atoms with Crippen molar-refractivity contribution >= 4 is 23.6 Å². The molecule has 0 saturated carbocycles. The Labute approximate surface area is 168 Å². The topological polar surface area (TPSA) is 102 Å². The number of ether oxygens (including phenoxy) is 1. The first kappa shape index (κ1) is 21.7. The van der Waals surface area contributed by atoms with Gasteiger partial charge in [0.1, 0.15) is 11.4 Å². The molecule has 0 aliphatic rings. The number of thioether (sulfide) groups is 1. The summed E-state index contributed by atoms with van der Waals surface area (Å²) in [6, 6.07) is 5.68. The van der Waals surface area contributed by atoms with Gasteiger partial charge < -0.3 is 15.0 Å². The van der Waals surface area contributed by atoms with E-state index in [4.69, 9.17) is 4.74 Å². The number of benzene rings is 1. The van der Waals surface area contributed by atoms with Crippen LogP contribution < -0.4 is 10.1 Å². The number of nitrogens with one attached hydrogen (secondary N) is 1. The Bertz CT molecular complexity index is 846. The maximum Gasteiger partial charge on any atom is 0.240 e. The van der Waals surface area contributed by atoms with Crippen molar-refractivity contribution in [2.24, 2.45) is 0 Å². The molecular formula is C18H26N6O3S. The highest BCUT2D eigenvalue weighted by atomic mass is 32.2. The summed E-state index contributed by atoms with van der Waals surface area (Å²) in [5, 5.41) is 15.0. The first-order chi connectivity index (χ1) is 13.1. The fourth-order valence-electron chi connectivity index (χ4n) is 2.38. The van der Waals surface area contributed by atoms with Crippen LogP contribution in [0.25, 0.3) is 5.69 Å². The van der Waals surface area contributed by atoms with Crippen LogP contribution in [0.5, 0.6) is 5.75 Å². The van der Waals surface area contributed by atoms with Crippen LogP contribution in [0.4, 0.5) is 0 Å². The maximum atomic E-state index is 12.4. The minimum absolute atomic E-state index is 0.00664. The van der Waals surface area contributed by atoms with Gasteiger partial charge in [0.05, 0.1) is 19.4 Å². The van der Waals surface area contributed by atoms with Crippen LogP contribution in [0.3, 0.4) is 0 Å². The smallest absolute Gasteiger partial charge is 0.240 e. The molecule has 0 unspecified atom stereocenters.